The van der Waals surface area contributed by atoms with Gasteiger partial charge in [0.1, 0.15) is 0 Å². The molecule has 1 aromatic rings. The standard InChI is InChI=1S/C13H24N6O2/c1-21-9-10(5-8-20)15-12-16-11(14)17-13(18-12)19-6-3-2-4-7-19/h10,20H,2-9H2,1H3,(H3,14,15,16,17,18). The summed E-state index contributed by atoms with van der Waals surface area (Å²) >= 11 is 0. The van der Waals surface area contributed by atoms with Crippen molar-refractivity contribution in [3.05, 3.63) is 0 Å². The lowest BCUT2D eigenvalue weighted by Gasteiger charge is -2.27. The Bertz CT molecular complexity index is 433. The van der Waals surface area contributed by atoms with Crippen molar-refractivity contribution < 1.29 is 9.84 Å². The zero-order chi connectivity index (χ0) is 15.1. The van der Waals surface area contributed by atoms with Crippen LogP contribution in [-0.2, 0) is 4.74 Å². The monoisotopic (exact) mass is 296 g/mol. The molecule has 0 aliphatic carbocycles. The van der Waals surface area contributed by atoms with Crippen molar-refractivity contribution in [2.75, 3.05) is 49.4 Å². The number of aromatic nitrogens is 3. The molecule has 2 rings (SSSR count). The number of rotatable bonds is 7. The van der Waals surface area contributed by atoms with Crippen molar-refractivity contribution in [2.45, 2.75) is 31.7 Å². The van der Waals surface area contributed by atoms with E-state index >= 15 is 0 Å². The average molecular weight is 296 g/mol. The third-order valence-corrected chi connectivity index (χ3v) is 3.46. The van der Waals surface area contributed by atoms with Crippen LogP contribution < -0.4 is 16.0 Å². The minimum atomic E-state index is -0.0593. The fraction of sp³-hybridized carbons (Fsp3) is 0.769. The fourth-order valence-corrected chi connectivity index (χ4v) is 2.42. The number of nitrogens with zero attached hydrogens (tertiary/aromatic N) is 4. The molecule has 1 aliphatic rings. The average Bonchev–Trinajstić information content (AvgIpc) is 2.48. The van der Waals surface area contributed by atoms with E-state index in [1.165, 1.54) is 6.42 Å². The number of ether oxygens (including phenoxy) is 1. The second-order valence-electron chi connectivity index (χ2n) is 5.17. The van der Waals surface area contributed by atoms with Gasteiger partial charge in [0, 0.05) is 26.8 Å². The molecule has 0 aromatic carbocycles. The molecule has 1 saturated heterocycles. The highest BCUT2D eigenvalue weighted by atomic mass is 16.5. The Hall–Kier alpha value is -1.67. The van der Waals surface area contributed by atoms with Crippen LogP contribution in [-0.4, -0.2) is 59.5 Å². The quantitative estimate of drug-likeness (QED) is 0.657. The molecular formula is C13H24N6O2. The van der Waals surface area contributed by atoms with E-state index in [0.29, 0.717) is 24.9 Å². The Balaban J connectivity index is 2.09. The third-order valence-electron chi connectivity index (χ3n) is 3.46. The largest absolute Gasteiger partial charge is 0.396 e. The maximum atomic E-state index is 9.07. The number of nitrogen functional groups attached to an aromatic ring is 1. The van der Waals surface area contributed by atoms with Crippen LogP contribution in [0.4, 0.5) is 17.8 Å². The smallest absolute Gasteiger partial charge is 0.231 e. The Morgan fingerprint density at radius 2 is 2.05 bits per heavy atom. The highest BCUT2D eigenvalue weighted by molar-refractivity contribution is 5.42. The third kappa shape index (κ3) is 4.68. The molecule has 1 aliphatic heterocycles. The van der Waals surface area contributed by atoms with Gasteiger partial charge < -0.3 is 25.8 Å². The van der Waals surface area contributed by atoms with Crippen LogP contribution in [0, 0.1) is 0 Å². The Kier molecular flexibility index (Phi) is 5.94. The number of piperidine rings is 1. The van der Waals surface area contributed by atoms with Gasteiger partial charge in [0.05, 0.1) is 12.6 Å². The first kappa shape index (κ1) is 15.7. The maximum absolute atomic E-state index is 9.07. The molecule has 2 heterocycles. The zero-order valence-corrected chi connectivity index (χ0v) is 12.5. The minimum Gasteiger partial charge on any atom is -0.396 e. The number of anilines is 3. The van der Waals surface area contributed by atoms with Crippen LogP contribution in [0.2, 0.25) is 0 Å². The van der Waals surface area contributed by atoms with E-state index in [-0.39, 0.29) is 18.6 Å². The zero-order valence-electron chi connectivity index (χ0n) is 12.5. The number of hydrogen-bond acceptors (Lipinski definition) is 8. The van der Waals surface area contributed by atoms with Gasteiger partial charge in [-0.25, -0.2) is 0 Å². The molecule has 1 atom stereocenters. The SMILES string of the molecule is COCC(CCO)Nc1nc(N)nc(N2CCCCC2)n1. The number of hydrogen-bond donors (Lipinski definition) is 3. The van der Waals surface area contributed by atoms with Gasteiger partial charge in [0.15, 0.2) is 0 Å². The summed E-state index contributed by atoms with van der Waals surface area (Å²) in [7, 11) is 1.62. The molecule has 21 heavy (non-hydrogen) atoms. The highest BCUT2D eigenvalue weighted by Gasteiger charge is 2.17. The maximum Gasteiger partial charge on any atom is 0.231 e. The first-order valence-electron chi connectivity index (χ1n) is 7.35. The molecule has 0 saturated carbocycles. The summed E-state index contributed by atoms with van der Waals surface area (Å²) < 4.78 is 5.12. The Labute approximate surface area is 124 Å². The van der Waals surface area contributed by atoms with Gasteiger partial charge in [-0.2, -0.15) is 15.0 Å². The number of nitrogens with two attached hydrogens (primary N) is 1. The van der Waals surface area contributed by atoms with Crippen LogP contribution in [0.15, 0.2) is 0 Å². The molecule has 0 bridgehead atoms. The second-order valence-corrected chi connectivity index (χ2v) is 5.17. The molecule has 8 nitrogen and oxygen atoms in total. The van der Waals surface area contributed by atoms with E-state index in [2.05, 4.69) is 25.2 Å². The summed E-state index contributed by atoms with van der Waals surface area (Å²) in [6, 6.07) is -0.0593. The van der Waals surface area contributed by atoms with E-state index in [0.717, 1.165) is 25.9 Å². The van der Waals surface area contributed by atoms with Gasteiger partial charge >= 0.3 is 0 Å². The predicted molar refractivity (Wildman–Crippen MR) is 81.3 cm³/mol. The van der Waals surface area contributed by atoms with Crippen LogP contribution in [0.3, 0.4) is 0 Å². The summed E-state index contributed by atoms with van der Waals surface area (Å²) in [6.07, 6.45) is 4.09. The van der Waals surface area contributed by atoms with Crippen molar-refractivity contribution >= 4 is 17.8 Å². The molecule has 8 heteroatoms. The molecule has 118 valence electrons. The van der Waals surface area contributed by atoms with Crippen LogP contribution in [0.25, 0.3) is 0 Å². The summed E-state index contributed by atoms with van der Waals surface area (Å²) in [5.41, 5.74) is 5.78. The summed E-state index contributed by atoms with van der Waals surface area (Å²) in [5, 5.41) is 12.2. The van der Waals surface area contributed by atoms with Crippen molar-refractivity contribution in [1.29, 1.82) is 0 Å². The number of nitrogens with one attached hydrogen (secondary N) is 1. The second kappa shape index (κ2) is 7.94. The lowest BCUT2D eigenvalue weighted by atomic mass is 10.1. The Morgan fingerprint density at radius 3 is 2.71 bits per heavy atom. The van der Waals surface area contributed by atoms with Crippen molar-refractivity contribution in [1.82, 2.24) is 15.0 Å². The van der Waals surface area contributed by atoms with E-state index in [1.807, 2.05) is 0 Å². The topological polar surface area (TPSA) is 109 Å². The lowest BCUT2D eigenvalue weighted by molar-refractivity contribution is 0.170. The molecule has 4 N–H and O–H groups in total. The number of aliphatic hydroxyl groups excluding tert-OH is 1. The van der Waals surface area contributed by atoms with Crippen molar-refractivity contribution in [3.63, 3.8) is 0 Å². The Morgan fingerprint density at radius 1 is 1.29 bits per heavy atom. The summed E-state index contributed by atoms with van der Waals surface area (Å²) in [4.78, 5) is 14.9. The normalized spacial score (nSPS) is 16.8. The fourth-order valence-electron chi connectivity index (χ4n) is 2.42. The summed E-state index contributed by atoms with van der Waals surface area (Å²) in [5.74, 6) is 1.25. The van der Waals surface area contributed by atoms with Crippen LogP contribution in [0.5, 0.6) is 0 Å². The highest BCUT2D eigenvalue weighted by Crippen LogP contribution is 2.18. The van der Waals surface area contributed by atoms with Crippen molar-refractivity contribution in [3.8, 4) is 0 Å². The van der Waals surface area contributed by atoms with E-state index in [4.69, 9.17) is 15.6 Å². The van der Waals surface area contributed by atoms with Crippen molar-refractivity contribution in [2.24, 2.45) is 0 Å². The summed E-state index contributed by atoms with van der Waals surface area (Å²) in [6.45, 7) is 2.42. The van der Waals surface area contributed by atoms with Gasteiger partial charge in [0.25, 0.3) is 0 Å². The first-order valence-corrected chi connectivity index (χ1v) is 7.35. The number of methoxy groups -OCH3 is 1. The molecular weight excluding hydrogens is 272 g/mol. The molecule has 1 fully saturated rings. The number of aliphatic hydroxyl groups is 1. The predicted octanol–water partition coefficient (Wildman–Crippen LogP) is 0.253. The first-order chi connectivity index (χ1) is 10.2. The molecule has 0 spiro atoms. The van der Waals surface area contributed by atoms with Gasteiger partial charge in [0.2, 0.25) is 17.8 Å². The van der Waals surface area contributed by atoms with Gasteiger partial charge in [-0.1, -0.05) is 0 Å². The molecule has 0 radical (unpaired) electrons. The van der Waals surface area contributed by atoms with Gasteiger partial charge in [-0.15, -0.1) is 0 Å². The lowest BCUT2D eigenvalue weighted by Crippen LogP contribution is -2.32. The van der Waals surface area contributed by atoms with Crippen LogP contribution >= 0.6 is 0 Å². The molecule has 1 unspecified atom stereocenters. The van der Waals surface area contributed by atoms with E-state index in [9.17, 15) is 0 Å². The van der Waals surface area contributed by atoms with E-state index in [1.54, 1.807) is 7.11 Å². The molecule has 0 amide bonds. The van der Waals surface area contributed by atoms with Gasteiger partial charge in [-0.05, 0) is 25.7 Å². The van der Waals surface area contributed by atoms with Crippen LogP contribution in [0.1, 0.15) is 25.7 Å². The van der Waals surface area contributed by atoms with E-state index < -0.39 is 0 Å². The van der Waals surface area contributed by atoms with Gasteiger partial charge in [-0.3, -0.25) is 0 Å². The minimum absolute atomic E-state index is 0.0593. The molecule has 1 aromatic heterocycles.